The van der Waals surface area contributed by atoms with Crippen molar-refractivity contribution < 1.29 is 14.3 Å². The van der Waals surface area contributed by atoms with Gasteiger partial charge in [-0.15, -0.1) is 0 Å². The van der Waals surface area contributed by atoms with Gasteiger partial charge < -0.3 is 19.8 Å². The van der Waals surface area contributed by atoms with E-state index in [1.807, 2.05) is 29.5 Å². The smallest absolute Gasteiger partial charge is 0.275 e. The first-order valence-corrected chi connectivity index (χ1v) is 7.43. The molecule has 3 heterocycles. The van der Waals surface area contributed by atoms with Crippen LogP contribution in [-0.4, -0.2) is 27.8 Å². The second-order valence-corrected chi connectivity index (χ2v) is 5.52. The van der Waals surface area contributed by atoms with Crippen molar-refractivity contribution >= 4 is 28.8 Å². The van der Waals surface area contributed by atoms with Crippen LogP contribution in [0.4, 0.5) is 11.4 Å². The Balaban J connectivity index is 1.60. The van der Waals surface area contributed by atoms with E-state index < -0.39 is 0 Å². The molecule has 7 nitrogen and oxygen atoms in total. The van der Waals surface area contributed by atoms with Crippen molar-refractivity contribution in [3.05, 3.63) is 54.0 Å². The lowest BCUT2D eigenvalue weighted by atomic mass is 10.2. The number of fused-ring (bicyclic) bond motifs is 2. The molecule has 1 aliphatic rings. The maximum absolute atomic E-state index is 12.4. The Kier molecular flexibility index (Phi) is 3.19. The highest BCUT2D eigenvalue weighted by atomic mass is 16.5. The lowest BCUT2D eigenvalue weighted by Gasteiger charge is -2.18. The first-order chi connectivity index (χ1) is 11.6. The molecule has 3 aromatic rings. The number of carbonyl (C=O) groups is 2. The standard InChI is InChI=1S/C17H14N4O3/c1-10-3-2-4-15-19-13(8-21(10)15)17(23)18-11-5-6-14-12(7-11)20-16(22)9-24-14/h2-8H,9H2,1H3,(H,18,23)(H,20,22). The highest BCUT2D eigenvalue weighted by Gasteiger charge is 2.17. The molecule has 0 spiro atoms. The SMILES string of the molecule is Cc1cccc2nc(C(=O)Nc3ccc4c(c3)NC(=O)CO4)cn12. The summed E-state index contributed by atoms with van der Waals surface area (Å²) in [4.78, 5) is 28.1. The summed E-state index contributed by atoms with van der Waals surface area (Å²) in [6, 6.07) is 10.8. The molecule has 0 atom stereocenters. The topological polar surface area (TPSA) is 84.7 Å². The number of amides is 2. The Bertz CT molecular complexity index is 977. The second-order valence-electron chi connectivity index (χ2n) is 5.52. The lowest BCUT2D eigenvalue weighted by molar-refractivity contribution is -0.118. The maximum Gasteiger partial charge on any atom is 0.275 e. The van der Waals surface area contributed by atoms with Crippen molar-refractivity contribution in [2.24, 2.45) is 0 Å². The molecule has 4 rings (SSSR count). The van der Waals surface area contributed by atoms with Gasteiger partial charge in [0.25, 0.3) is 11.8 Å². The van der Waals surface area contributed by atoms with Gasteiger partial charge in [0.1, 0.15) is 17.1 Å². The minimum Gasteiger partial charge on any atom is -0.482 e. The van der Waals surface area contributed by atoms with Crippen LogP contribution >= 0.6 is 0 Å². The van der Waals surface area contributed by atoms with Gasteiger partial charge in [0.2, 0.25) is 0 Å². The molecule has 0 radical (unpaired) electrons. The van der Waals surface area contributed by atoms with E-state index in [0.29, 0.717) is 28.5 Å². The molecule has 0 saturated carbocycles. The van der Waals surface area contributed by atoms with Gasteiger partial charge in [-0.3, -0.25) is 9.59 Å². The third-order valence-electron chi connectivity index (χ3n) is 3.80. The number of nitrogens with one attached hydrogen (secondary N) is 2. The summed E-state index contributed by atoms with van der Waals surface area (Å²) >= 11 is 0. The predicted molar refractivity (Wildman–Crippen MR) is 88.4 cm³/mol. The highest BCUT2D eigenvalue weighted by molar-refractivity contribution is 6.04. The highest BCUT2D eigenvalue weighted by Crippen LogP contribution is 2.30. The zero-order valence-electron chi connectivity index (χ0n) is 12.9. The number of anilines is 2. The molecule has 0 aliphatic carbocycles. The molecule has 0 unspecified atom stereocenters. The average molecular weight is 322 g/mol. The molecular weight excluding hydrogens is 308 g/mol. The molecule has 2 aromatic heterocycles. The van der Waals surface area contributed by atoms with E-state index in [-0.39, 0.29) is 18.4 Å². The Morgan fingerprint density at radius 3 is 3.04 bits per heavy atom. The zero-order valence-corrected chi connectivity index (χ0v) is 12.9. The number of benzene rings is 1. The Morgan fingerprint density at radius 1 is 1.33 bits per heavy atom. The monoisotopic (exact) mass is 322 g/mol. The molecule has 7 heteroatoms. The first kappa shape index (κ1) is 14.3. The fraction of sp³-hybridized carbons (Fsp3) is 0.118. The summed E-state index contributed by atoms with van der Waals surface area (Å²) in [5.74, 6) is 0.0406. The van der Waals surface area contributed by atoms with Crippen LogP contribution in [0.2, 0.25) is 0 Å². The molecule has 0 fully saturated rings. The predicted octanol–water partition coefficient (Wildman–Crippen LogP) is 2.23. The molecule has 0 saturated heterocycles. The Morgan fingerprint density at radius 2 is 2.21 bits per heavy atom. The van der Waals surface area contributed by atoms with Crippen molar-refractivity contribution in [3.63, 3.8) is 0 Å². The Hall–Kier alpha value is -3.35. The average Bonchev–Trinajstić information content (AvgIpc) is 3.00. The molecule has 24 heavy (non-hydrogen) atoms. The van der Waals surface area contributed by atoms with Crippen LogP contribution in [0.5, 0.6) is 5.75 Å². The van der Waals surface area contributed by atoms with E-state index >= 15 is 0 Å². The minimum absolute atomic E-state index is 0.000690. The van der Waals surface area contributed by atoms with Gasteiger partial charge in [-0.1, -0.05) is 6.07 Å². The lowest BCUT2D eigenvalue weighted by Crippen LogP contribution is -2.25. The van der Waals surface area contributed by atoms with Crippen LogP contribution < -0.4 is 15.4 Å². The summed E-state index contributed by atoms with van der Waals surface area (Å²) in [5, 5.41) is 5.49. The van der Waals surface area contributed by atoms with E-state index in [4.69, 9.17) is 4.74 Å². The number of pyridine rings is 1. The van der Waals surface area contributed by atoms with Crippen molar-refractivity contribution in [3.8, 4) is 5.75 Å². The number of aryl methyl sites for hydroxylation is 1. The van der Waals surface area contributed by atoms with Gasteiger partial charge in [-0.05, 0) is 37.3 Å². The molecule has 2 N–H and O–H groups in total. The van der Waals surface area contributed by atoms with Gasteiger partial charge in [0.15, 0.2) is 6.61 Å². The number of nitrogens with zero attached hydrogens (tertiary/aromatic N) is 2. The fourth-order valence-corrected chi connectivity index (χ4v) is 2.61. The van der Waals surface area contributed by atoms with Gasteiger partial charge in [-0.2, -0.15) is 0 Å². The van der Waals surface area contributed by atoms with Crippen LogP contribution in [0.25, 0.3) is 5.65 Å². The summed E-state index contributed by atoms with van der Waals surface area (Å²) in [6.07, 6.45) is 1.70. The number of ether oxygens (including phenoxy) is 1. The van der Waals surface area contributed by atoms with Crippen molar-refractivity contribution in [1.82, 2.24) is 9.38 Å². The normalized spacial score (nSPS) is 13.1. The zero-order chi connectivity index (χ0) is 16.7. The third kappa shape index (κ3) is 2.45. The number of aromatic nitrogens is 2. The Labute approximate surface area is 137 Å². The van der Waals surface area contributed by atoms with Gasteiger partial charge in [0, 0.05) is 17.6 Å². The van der Waals surface area contributed by atoms with Gasteiger partial charge in [0.05, 0.1) is 5.69 Å². The van der Waals surface area contributed by atoms with Gasteiger partial charge >= 0.3 is 0 Å². The van der Waals surface area contributed by atoms with Crippen molar-refractivity contribution in [2.75, 3.05) is 17.2 Å². The number of carbonyl (C=O) groups excluding carboxylic acids is 2. The second kappa shape index (κ2) is 5.38. The summed E-state index contributed by atoms with van der Waals surface area (Å²) < 4.78 is 7.15. The van der Waals surface area contributed by atoms with Crippen LogP contribution in [0.15, 0.2) is 42.6 Å². The number of hydrogen-bond donors (Lipinski definition) is 2. The van der Waals surface area contributed by atoms with Crippen LogP contribution in [0, 0.1) is 6.92 Å². The third-order valence-corrected chi connectivity index (χ3v) is 3.80. The summed E-state index contributed by atoms with van der Waals surface area (Å²) in [5.41, 5.74) is 3.12. The fourth-order valence-electron chi connectivity index (χ4n) is 2.61. The van der Waals surface area contributed by atoms with E-state index in [1.165, 1.54) is 0 Å². The molecule has 2 amide bonds. The van der Waals surface area contributed by atoms with E-state index in [2.05, 4.69) is 15.6 Å². The number of rotatable bonds is 2. The first-order valence-electron chi connectivity index (χ1n) is 7.43. The van der Waals surface area contributed by atoms with E-state index in [1.54, 1.807) is 24.4 Å². The molecule has 1 aromatic carbocycles. The van der Waals surface area contributed by atoms with Crippen LogP contribution in [0.3, 0.4) is 0 Å². The molecule has 1 aliphatic heterocycles. The molecule has 120 valence electrons. The molecular formula is C17H14N4O3. The number of hydrogen-bond acceptors (Lipinski definition) is 4. The van der Waals surface area contributed by atoms with Crippen molar-refractivity contribution in [2.45, 2.75) is 6.92 Å². The van der Waals surface area contributed by atoms with Crippen LogP contribution in [0.1, 0.15) is 16.2 Å². The quantitative estimate of drug-likeness (QED) is 0.758. The van der Waals surface area contributed by atoms with Gasteiger partial charge in [-0.25, -0.2) is 4.98 Å². The summed E-state index contributed by atoms with van der Waals surface area (Å²) in [6.45, 7) is 1.95. The minimum atomic E-state index is -0.318. The molecule has 0 bridgehead atoms. The van der Waals surface area contributed by atoms with E-state index in [0.717, 1.165) is 5.69 Å². The van der Waals surface area contributed by atoms with E-state index in [9.17, 15) is 9.59 Å². The summed E-state index contributed by atoms with van der Waals surface area (Å²) in [7, 11) is 0. The van der Waals surface area contributed by atoms with Crippen LogP contribution in [-0.2, 0) is 4.79 Å². The number of imidazole rings is 1. The largest absolute Gasteiger partial charge is 0.482 e. The maximum atomic E-state index is 12.4. The van der Waals surface area contributed by atoms with Crippen molar-refractivity contribution in [1.29, 1.82) is 0 Å².